The van der Waals surface area contributed by atoms with Crippen molar-refractivity contribution in [3.05, 3.63) is 52.1 Å². The van der Waals surface area contributed by atoms with Crippen LogP contribution in [0.3, 0.4) is 0 Å². The monoisotopic (exact) mass is 334 g/mol. The predicted octanol–water partition coefficient (Wildman–Crippen LogP) is 3.63. The molecule has 0 radical (unpaired) electrons. The molecule has 0 spiro atoms. The molecule has 0 bridgehead atoms. The minimum absolute atomic E-state index is 0.00278. The van der Waals surface area contributed by atoms with Gasteiger partial charge >= 0.3 is 0 Å². The maximum atomic E-state index is 12.3. The second kappa shape index (κ2) is 5.40. The van der Waals surface area contributed by atoms with Gasteiger partial charge in [-0.05, 0) is 59.3 Å². The molecule has 2 heterocycles. The highest BCUT2D eigenvalue weighted by Gasteiger charge is 2.34. The van der Waals surface area contributed by atoms with E-state index in [-0.39, 0.29) is 11.9 Å². The van der Waals surface area contributed by atoms with E-state index < -0.39 is 0 Å². The molecule has 20 heavy (non-hydrogen) atoms. The normalized spacial score (nSPS) is 15.9. The molecule has 0 aromatic carbocycles. The first-order valence-corrected chi connectivity index (χ1v) is 7.40. The summed E-state index contributed by atoms with van der Waals surface area (Å²) in [5.74, 6) is 0.716. The Morgan fingerprint density at radius 2 is 2.30 bits per heavy atom. The van der Waals surface area contributed by atoms with E-state index in [0.29, 0.717) is 11.7 Å². The molecule has 1 saturated carbocycles. The number of hydrogen-bond acceptors (Lipinski definition) is 3. The van der Waals surface area contributed by atoms with Gasteiger partial charge in [0.15, 0.2) is 5.76 Å². The number of aryl methyl sites for hydroxylation is 1. The van der Waals surface area contributed by atoms with Crippen LogP contribution in [0.2, 0.25) is 0 Å². The highest BCUT2D eigenvalue weighted by atomic mass is 79.9. The molecule has 2 aromatic rings. The number of carbonyl (C=O) groups is 1. The van der Waals surface area contributed by atoms with Crippen molar-refractivity contribution in [1.82, 2.24) is 10.3 Å². The first-order chi connectivity index (χ1) is 9.65. The SMILES string of the molecule is Cc1ccoc1C(=O)N[C@H](c1cncc(Br)c1)C1CC1. The van der Waals surface area contributed by atoms with Gasteiger partial charge in [0.25, 0.3) is 5.91 Å². The molecule has 1 aliphatic carbocycles. The molecule has 1 N–H and O–H groups in total. The summed E-state index contributed by atoms with van der Waals surface area (Å²) in [5.41, 5.74) is 1.88. The van der Waals surface area contributed by atoms with Crippen LogP contribution in [-0.4, -0.2) is 10.9 Å². The lowest BCUT2D eigenvalue weighted by Gasteiger charge is -2.18. The Kier molecular flexibility index (Phi) is 3.61. The van der Waals surface area contributed by atoms with Crippen LogP contribution in [0.1, 0.15) is 40.6 Å². The maximum Gasteiger partial charge on any atom is 0.287 e. The van der Waals surface area contributed by atoms with E-state index in [0.717, 1.165) is 28.4 Å². The average Bonchev–Trinajstić information content (AvgIpc) is 3.17. The number of amides is 1. The molecule has 0 saturated heterocycles. The molecular formula is C15H15BrN2O2. The number of halogens is 1. The van der Waals surface area contributed by atoms with Gasteiger partial charge in [-0.15, -0.1) is 0 Å². The van der Waals surface area contributed by atoms with Gasteiger partial charge in [-0.2, -0.15) is 0 Å². The van der Waals surface area contributed by atoms with Gasteiger partial charge in [-0.25, -0.2) is 0 Å². The van der Waals surface area contributed by atoms with Gasteiger partial charge in [-0.1, -0.05) is 0 Å². The second-order valence-electron chi connectivity index (χ2n) is 5.16. The molecule has 4 nitrogen and oxygen atoms in total. The molecule has 3 rings (SSSR count). The maximum absolute atomic E-state index is 12.3. The second-order valence-corrected chi connectivity index (χ2v) is 6.07. The molecule has 2 aromatic heterocycles. The summed E-state index contributed by atoms with van der Waals surface area (Å²) in [6.07, 6.45) is 7.36. The quantitative estimate of drug-likeness (QED) is 0.928. The fourth-order valence-electron chi connectivity index (χ4n) is 2.31. The summed E-state index contributed by atoms with van der Waals surface area (Å²) in [6.45, 7) is 1.87. The Bertz CT molecular complexity index is 634. The molecule has 104 valence electrons. The van der Waals surface area contributed by atoms with Crippen molar-refractivity contribution >= 4 is 21.8 Å². The highest BCUT2D eigenvalue weighted by molar-refractivity contribution is 9.10. The molecule has 5 heteroatoms. The summed E-state index contributed by atoms with van der Waals surface area (Å²) < 4.78 is 6.17. The largest absolute Gasteiger partial charge is 0.459 e. The number of nitrogens with one attached hydrogen (secondary N) is 1. The Labute approximate surface area is 125 Å². The first kappa shape index (κ1) is 13.4. The Hall–Kier alpha value is -1.62. The standard InChI is InChI=1S/C15H15BrN2O2/c1-9-4-5-20-14(9)15(19)18-13(10-2-3-10)11-6-12(16)8-17-7-11/h4-8,10,13H,2-3H2,1H3,(H,18,19)/t13-/m0/s1. The third kappa shape index (κ3) is 2.77. The fourth-order valence-corrected chi connectivity index (χ4v) is 2.70. The summed E-state index contributed by atoms with van der Waals surface area (Å²) in [4.78, 5) is 16.5. The number of pyridine rings is 1. The third-order valence-corrected chi connectivity index (χ3v) is 3.97. The van der Waals surface area contributed by atoms with Crippen LogP contribution < -0.4 is 5.32 Å². The van der Waals surface area contributed by atoms with E-state index >= 15 is 0 Å². The van der Waals surface area contributed by atoms with Crippen LogP contribution in [0.15, 0.2) is 39.7 Å². The van der Waals surface area contributed by atoms with Crippen molar-refractivity contribution in [2.45, 2.75) is 25.8 Å². The molecule has 1 amide bonds. The molecule has 1 aliphatic rings. The summed E-state index contributed by atoms with van der Waals surface area (Å²) in [6, 6.07) is 3.80. The Balaban J connectivity index is 1.82. The fraction of sp³-hybridized carbons (Fsp3) is 0.333. The van der Waals surface area contributed by atoms with Crippen LogP contribution in [0.25, 0.3) is 0 Å². The van der Waals surface area contributed by atoms with Crippen molar-refractivity contribution < 1.29 is 9.21 Å². The Morgan fingerprint density at radius 1 is 1.50 bits per heavy atom. The minimum atomic E-state index is -0.163. The van der Waals surface area contributed by atoms with E-state index in [4.69, 9.17) is 4.42 Å². The van der Waals surface area contributed by atoms with Gasteiger partial charge in [0.2, 0.25) is 0 Å². The number of furan rings is 1. The van der Waals surface area contributed by atoms with Crippen molar-refractivity contribution in [3.63, 3.8) is 0 Å². The zero-order valence-electron chi connectivity index (χ0n) is 11.1. The zero-order chi connectivity index (χ0) is 14.1. The van der Waals surface area contributed by atoms with Crippen molar-refractivity contribution in [2.24, 2.45) is 5.92 Å². The number of nitrogens with zero attached hydrogens (tertiary/aromatic N) is 1. The van der Waals surface area contributed by atoms with Crippen LogP contribution in [0.5, 0.6) is 0 Å². The smallest absolute Gasteiger partial charge is 0.287 e. The van der Waals surface area contributed by atoms with Crippen LogP contribution in [0.4, 0.5) is 0 Å². The number of hydrogen-bond donors (Lipinski definition) is 1. The highest BCUT2D eigenvalue weighted by Crippen LogP contribution is 2.41. The lowest BCUT2D eigenvalue weighted by molar-refractivity contribution is 0.0902. The molecule has 1 atom stereocenters. The van der Waals surface area contributed by atoms with Gasteiger partial charge in [0.05, 0.1) is 12.3 Å². The van der Waals surface area contributed by atoms with Crippen LogP contribution >= 0.6 is 15.9 Å². The van der Waals surface area contributed by atoms with E-state index in [1.54, 1.807) is 12.3 Å². The summed E-state index contributed by atoms with van der Waals surface area (Å²) >= 11 is 3.42. The molecule has 0 aliphatic heterocycles. The van der Waals surface area contributed by atoms with Gasteiger partial charge in [0.1, 0.15) is 0 Å². The number of aromatic nitrogens is 1. The van der Waals surface area contributed by atoms with Crippen molar-refractivity contribution in [1.29, 1.82) is 0 Å². The van der Waals surface area contributed by atoms with E-state index in [2.05, 4.69) is 26.2 Å². The van der Waals surface area contributed by atoms with Crippen molar-refractivity contribution in [2.75, 3.05) is 0 Å². The van der Waals surface area contributed by atoms with Crippen molar-refractivity contribution in [3.8, 4) is 0 Å². The van der Waals surface area contributed by atoms with E-state index in [1.165, 1.54) is 6.26 Å². The average molecular weight is 335 g/mol. The topological polar surface area (TPSA) is 55.1 Å². The summed E-state index contributed by atoms with van der Waals surface area (Å²) in [5, 5.41) is 3.07. The molecule has 0 unspecified atom stereocenters. The molecular weight excluding hydrogens is 320 g/mol. The predicted molar refractivity (Wildman–Crippen MR) is 78.3 cm³/mol. The number of carbonyl (C=O) groups excluding carboxylic acids is 1. The summed E-state index contributed by atoms with van der Waals surface area (Å²) in [7, 11) is 0. The van der Waals surface area contributed by atoms with Gasteiger partial charge in [0, 0.05) is 22.4 Å². The van der Waals surface area contributed by atoms with Crippen LogP contribution in [-0.2, 0) is 0 Å². The lowest BCUT2D eigenvalue weighted by atomic mass is 10.0. The first-order valence-electron chi connectivity index (χ1n) is 6.60. The van der Waals surface area contributed by atoms with E-state index in [1.807, 2.05) is 19.2 Å². The Morgan fingerprint density at radius 3 is 2.90 bits per heavy atom. The van der Waals surface area contributed by atoms with E-state index in [9.17, 15) is 4.79 Å². The zero-order valence-corrected chi connectivity index (χ0v) is 12.7. The van der Waals surface area contributed by atoms with Crippen LogP contribution in [0, 0.1) is 12.8 Å². The minimum Gasteiger partial charge on any atom is -0.459 e. The van der Waals surface area contributed by atoms with Gasteiger partial charge in [-0.3, -0.25) is 9.78 Å². The lowest BCUT2D eigenvalue weighted by Crippen LogP contribution is -2.30. The van der Waals surface area contributed by atoms with Gasteiger partial charge < -0.3 is 9.73 Å². The third-order valence-electron chi connectivity index (χ3n) is 3.53. The number of rotatable bonds is 4. The molecule has 1 fully saturated rings.